The van der Waals surface area contributed by atoms with E-state index in [9.17, 15) is 13.2 Å². The molecule has 1 aromatic carbocycles. The number of anilines is 1. The van der Waals surface area contributed by atoms with Crippen molar-refractivity contribution in [2.24, 2.45) is 0 Å². The summed E-state index contributed by atoms with van der Waals surface area (Å²) in [5.74, 6) is -2.99. The molecule has 0 spiro atoms. The first-order valence-corrected chi connectivity index (χ1v) is 4.03. The van der Waals surface area contributed by atoms with Crippen LogP contribution < -0.4 is 3.11 Å². The molecule has 1 aromatic rings. The van der Waals surface area contributed by atoms with Crippen molar-refractivity contribution in [2.45, 2.75) is 0 Å². The molecule has 0 aromatic heterocycles. The number of rotatable bonds is 1. The number of benzene rings is 1. The van der Waals surface area contributed by atoms with Crippen LogP contribution in [0.15, 0.2) is 12.1 Å². The van der Waals surface area contributed by atoms with E-state index in [1.54, 1.807) is 22.9 Å². The van der Waals surface area contributed by atoms with E-state index >= 15 is 0 Å². The maximum absolute atomic E-state index is 12.8. The van der Waals surface area contributed by atoms with E-state index in [0.29, 0.717) is 6.07 Å². The van der Waals surface area contributed by atoms with Crippen molar-refractivity contribution >= 4 is 28.6 Å². The summed E-state index contributed by atoms with van der Waals surface area (Å²) in [7, 11) is 1.54. The van der Waals surface area contributed by atoms with Crippen molar-refractivity contribution in [1.29, 1.82) is 0 Å². The van der Waals surface area contributed by atoms with Crippen molar-refractivity contribution in [3.05, 3.63) is 29.6 Å². The Kier molecular flexibility index (Phi) is 2.81. The quantitative estimate of drug-likeness (QED) is 0.436. The summed E-state index contributed by atoms with van der Waals surface area (Å²) < 4.78 is 39.1. The summed E-state index contributed by atoms with van der Waals surface area (Å²) in [6.45, 7) is 0. The Morgan fingerprint density at radius 2 is 1.58 bits per heavy atom. The summed E-state index contributed by atoms with van der Waals surface area (Å²) in [6.07, 6.45) is 0. The van der Waals surface area contributed by atoms with Gasteiger partial charge < -0.3 is 3.11 Å². The van der Waals surface area contributed by atoms with Crippen molar-refractivity contribution in [2.75, 3.05) is 10.2 Å². The second-order valence-corrected chi connectivity index (χ2v) is 3.64. The maximum Gasteiger partial charge on any atom is 0.161 e. The first-order chi connectivity index (χ1) is 5.52. The SMILES string of the molecule is CN(I)c1cc(F)c(F)cc1F. The third-order valence-corrected chi connectivity index (χ3v) is 1.84. The molecule has 0 saturated heterocycles. The highest BCUT2D eigenvalue weighted by Gasteiger charge is 2.11. The Balaban J connectivity index is 3.23. The van der Waals surface area contributed by atoms with Gasteiger partial charge in [-0.05, 0) is 0 Å². The highest BCUT2D eigenvalue weighted by molar-refractivity contribution is 14.1. The van der Waals surface area contributed by atoms with E-state index in [0.717, 1.165) is 6.07 Å². The molecule has 5 heteroatoms. The molecule has 0 aliphatic heterocycles. The second-order valence-electron chi connectivity index (χ2n) is 2.19. The van der Waals surface area contributed by atoms with Gasteiger partial charge in [-0.1, -0.05) is 0 Å². The van der Waals surface area contributed by atoms with Gasteiger partial charge in [-0.15, -0.1) is 0 Å². The largest absolute Gasteiger partial charge is 0.315 e. The van der Waals surface area contributed by atoms with E-state index in [-0.39, 0.29) is 5.69 Å². The van der Waals surface area contributed by atoms with Gasteiger partial charge in [0.05, 0.1) is 28.6 Å². The number of halogens is 4. The first-order valence-electron chi connectivity index (χ1n) is 3.06. The summed E-state index contributed by atoms with van der Waals surface area (Å²) in [6, 6.07) is 1.34. The zero-order chi connectivity index (χ0) is 9.30. The zero-order valence-corrected chi connectivity index (χ0v) is 8.27. The summed E-state index contributed by atoms with van der Waals surface area (Å²) in [5, 5.41) is 0. The van der Waals surface area contributed by atoms with Crippen LogP contribution in [-0.4, -0.2) is 7.05 Å². The number of hydrogen-bond acceptors (Lipinski definition) is 1. The highest BCUT2D eigenvalue weighted by atomic mass is 127. The van der Waals surface area contributed by atoms with Gasteiger partial charge in [-0.3, -0.25) is 0 Å². The van der Waals surface area contributed by atoms with Crippen LogP contribution in [0.25, 0.3) is 0 Å². The minimum Gasteiger partial charge on any atom is -0.315 e. The lowest BCUT2D eigenvalue weighted by Gasteiger charge is -2.10. The molecular formula is C7H5F3IN. The molecule has 0 fully saturated rings. The van der Waals surface area contributed by atoms with Gasteiger partial charge in [0.25, 0.3) is 0 Å². The molecule has 0 amide bonds. The Bertz CT molecular complexity index is 301. The average molecular weight is 287 g/mol. The topological polar surface area (TPSA) is 3.24 Å². The molecule has 0 bridgehead atoms. The van der Waals surface area contributed by atoms with Crippen molar-refractivity contribution in [1.82, 2.24) is 0 Å². The molecule has 0 aliphatic rings. The van der Waals surface area contributed by atoms with Crippen LogP contribution in [0.5, 0.6) is 0 Å². The predicted molar refractivity (Wildman–Crippen MR) is 48.7 cm³/mol. The Morgan fingerprint density at radius 1 is 1.08 bits per heavy atom. The summed E-state index contributed by atoms with van der Waals surface area (Å²) in [4.78, 5) is 0. The average Bonchev–Trinajstić information content (AvgIpc) is 1.96. The normalized spacial score (nSPS) is 10.1. The van der Waals surface area contributed by atoms with Crippen LogP contribution >= 0.6 is 22.9 Å². The van der Waals surface area contributed by atoms with Gasteiger partial charge in [-0.2, -0.15) is 0 Å². The fourth-order valence-corrected chi connectivity index (χ4v) is 1.12. The molecule has 1 rings (SSSR count). The molecular weight excluding hydrogens is 282 g/mol. The molecule has 0 aliphatic carbocycles. The van der Waals surface area contributed by atoms with Crippen LogP contribution in [0.4, 0.5) is 18.9 Å². The highest BCUT2D eigenvalue weighted by Crippen LogP contribution is 2.23. The van der Waals surface area contributed by atoms with Gasteiger partial charge in [0.1, 0.15) is 5.82 Å². The van der Waals surface area contributed by atoms with Gasteiger partial charge >= 0.3 is 0 Å². The van der Waals surface area contributed by atoms with E-state index in [2.05, 4.69) is 0 Å². The van der Waals surface area contributed by atoms with Crippen LogP contribution in [-0.2, 0) is 0 Å². The number of hydrogen-bond donors (Lipinski definition) is 0. The van der Waals surface area contributed by atoms with Crippen LogP contribution in [0.3, 0.4) is 0 Å². The van der Waals surface area contributed by atoms with Gasteiger partial charge in [0, 0.05) is 19.2 Å². The Labute approximate surface area is 81.7 Å². The molecule has 0 N–H and O–H groups in total. The second kappa shape index (κ2) is 3.51. The van der Waals surface area contributed by atoms with E-state index < -0.39 is 17.5 Å². The van der Waals surface area contributed by atoms with Crippen LogP contribution in [0.1, 0.15) is 0 Å². The standard InChI is InChI=1S/C7H5F3IN/c1-12(11)7-3-5(9)4(8)2-6(7)10/h2-3H,1H3. The third-order valence-electron chi connectivity index (χ3n) is 1.32. The van der Waals surface area contributed by atoms with Gasteiger partial charge in [-0.25, -0.2) is 13.2 Å². The summed E-state index contributed by atoms with van der Waals surface area (Å²) >= 11 is 1.77. The molecule has 0 atom stereocenters. The third kappa shape index (κ3) is 1.82. The molecule has 0 unspecified atom stereocenters. The minimum atomic E-state index is -1.17. The first kappa shape index (κ1) is 9.63. The lowest BCUT2D eigenvalue weighted by Crippen LogP contribution is -2.03. The number of nitrogens with zero attached hydrogens (tertiary/aromatic N) is 1. The van der Waals surface area contributed by atoms with Gasteiger partial charge in [0.15, 0.2) is 11.6 Å². The minimum absolute atomic E-state index is 0.0227. The van der Waals surface area contributed by atoms with Crippen molar-refractivity contribution < 1.29 is 13.2 Å². The molecule has 0 saturated carbocycles. The van der Waals surface area contributed by atoms with Crippen molar-refractivity contribution in [3.8, 4) is 0 Å². The molecule has 12 heavy (non-hydrogen) atoms. The summed E-state index contributed by atoms with van der Waals surface area (Å²) in [5.41, 5.74) is 0.0227. The smallest absolute Gasteiger partial charge is 0.161 e. The molecule has 1 nitrogen and oxygen atoms in total. The van der Waals surface area contributed by atoms with E-state index in [1.165, 1.54) is 10.2 Å². The lowest BCUT2D eigenvalue weighted by molar-refractivity contribution is 0.496. The fourth-order valence-electron chi connectivity index (χ4n) is 0.748. The van der Waals surface area contributed by atoms with Crippen LogP contribution in [0, 0.1) is 17.5 Å². The lowest BCUT2D eigenvalue weighted by atomic mass is 10.3. The van der Waals surface area contributed by atoms with E-state index in [4.69, 9.17) is 0 Å². The Hall–Kier alpha value is -0.460. The zero-order valence-electron chi connectivity index (χ0n) is 6.11. The monoisotopic (exact) mass is 287 g/mol. The molecule has 0 heterocycles. The molecule has 66 valence electrons. The van der Waals surface area contributed by atoms with Crippen molar-refractivity contribution in [3.63, 3.8) is 0 Å². The maximum atomic E-state index is 12.8. The molecule has 0 radical (unpaired) electrons. The van der Waals surface area contributed by atoms with Crippen LogP contribution in [0.2, 0.25) is 0 Å². The van der Waals surface area contributed by atoms with Gasteiger partial charge in [0.2, 0.25) is 0 Å². The van der Waals surface area contributed by atoms with E-state index in [1.807, 2.05) is 0 Å². The predicted octanol–water partition coefficient (Wildman–Crippen LogP) is 2.89. The fraction of sp³-hybridized carbons (Fsp3) is 0.143. The Morgan fingerprint density at radius 3 is 2.08 bits per heavy atom.